The normalized spacial score (nSPS) is 12.0. The maximum absolute atomic E-state index is 11.5. The molecule has 0 bridgehead atoms. The Morgan fingerprint density at radius 1 is 1.52 bits per heavy atom. The van der Waals surface area contributed by atoms with Gasteiger partial charge in [-0.25, -0.2) is 9.97 Å². The maximum Gasteiger partial charge on any atom is 0.222 e. The number of hydrogen-bond acceptors (Lipinski definition) is 5. The lowest BCUT2D eigenvalue weighted by atomic mass is 10.1. The first-order valence-corrected chi connectivity index (χ1v) is 7.12. The van der Waals surface area contributed by atoms with Gasteiger partial charge >= 0.3 is 0 Å². The predicted molar refractivity (Wildman–Crippen MR) is 84.4 cm³/mol. The Balaban J connectivity index is 2.15. The van der Waals surface area contributed by atoms with E-state index in [-0.39, 0.29) is 11.9 Å². The largest absolute Gasteiger partial charge is 0.346 e. The van der Waals surface area contributed by atoms with Gasteiger partial charge in [-0.3, -0.25) is 9.48 Å². The van der Waals surface area contributed by atoms with E-state index in [1.54, 1.807) is 17.1 Å². The zero-order valence-electron chi connectivity index (χ0n) is 12.7. The van der Waals surface area contributed by atoms with E-state index < -0.39 is 0 Å². The van der Waals surface area contributed by atoms with Crippen LogP contribution in [0.15, 0.2) is 24.8 Å². The van der Waals surface area contributed by atoms with Crippen LogP contribution in [0.4, 0.5) is 5.82 Å². The fourth-order valence-electron chi connectivity index (χ4n) is 2.36. The lowest BCUT2D eigenvalue weighted by Gasteiger charge is -2.06. The van der Waals surface area contributed by atoms with Crippen LogP contribution >= 0.6 is 0 Å². The fraction of sp³-hybridized carbons (Fsp3) is 0.267. The lowest BCUT2D eigenvalue weighted by Crippen LogP contribution is -2.09. The molecular weight excluding hydrogens is 294 g/mol. The van der Waals surface area contributed by atoms with Crippen molar-refractivity contribution in [2.75, 3.05) is 5.32 Å². The van der Waals surface area contributed by atoms with Gasteiger partial charge in [-0.2, -0.15) is 10.4 Å². The smallest absolute Gasteiger partial charge is 0.222 e. The third-order valence-electron chi connectivity index (χ3n) is 3.47. The van der Waals surface area contributed by atoms with E-state index in [1.165, 1.54) is 13.3 Å². The van der Waals surface area contributed by atoms with Crippen LogP contribution < -0.4 is 5.32 Å². The molecule has 0 aliphatic rings. The first kappa shape index (κ1) is 14.7. The number of carbonyl (C=O) groups is 1. The molecule has 3 aromatic rings. The Bertz CT molecular complexity index is 902. The maximum atomic E-state index is 11.5. The summed E-state index contributed by atoms with van der Waals surface area (Å²) >= 11 is 0. The van der Waals surface area contributed by atoms with Gasteiger partial charge in [-0.05, 0) is 13.0 Å². The molecule has 0 unspecified atom stereocenters. The molecule has 1 atom stereocenters. The Morgan fingerprint density at radius 3 is 3.09 bits per heavy atom. The van der Waals surface area contributed by atoms with Crippen molar-refractivity contribution < 1.29 is 4.79 Å². The molecule has 0 aromatic carbocycles. The van der Waals surface area contributed by atoms with Crippen molar-refractivity contribution in [2.45, 2.75) is 26.3 Å². The van der Waals surface area contributed by atoms with Crippen LogP contribution in [0.2, 0.25) is 0 Å². The number of hydrogen-bond donors (Lipinski definition) is 2. The summed E-state index contributed by atoms with van der Waals surface area (Å²) in [5, 5.41) is 16.8. The highest BCUT2D eigenvalue weighted by atomic mass is 16.1. The molecule has 3 aromatic heterocycles. The van der Waals surface area contributed by atoms with Gasteiger partial charge in [0.05, 0.1) is 29.8 Å². The van der Waals surface area contributed by atoms with Crippen LogP contribution in [0, 0.1) is 11.3 Å². The Labute approximate surface area is 132 Å². The average molecular weight is 309 g/mol. The molecule has 0 saturated heterocycles. The molecule has 0 aliphatic heterocycles. The zero-order valence-corrected chi connectivity index (χ0v) is 12.7. The van der Waals surface area contributed by atoms with Crippen molar-refractivity contribution in [1.29, 1.82) is 5.26 Å². The summed E-state index contributed by atoms with van der Waals surface area (Å²) in [6.45, 7) is 3.32. The van der Waals surface area contributed by atoms with E-state index in [0.29, 0.717) is 29.1 Å². The van der Waals surface area contributed by atoms with Crippen LogP contribution in [0.5, 0.6) is 0 Å². The number of rotatable bonds is 4. The van der Waals surface area contributed by atoms with Crippen molar-refractivity contribution in [3.05, 3.63) is 24.8 Å². The number of fused-ring (bicyclic) bond motifs is 1. The van der Waals surface area contributed by atoms with E-state index in [2.05, 4.69) is 31.4 Å². The van der Waals surface area contributed by atoms with E-state index in [1.807, 2.05) is 13.0 Å². The monoisotopic (exact) mass is 309 g/mol. The number of nitriles is 1. The van der Waals surface area contributed by atoms with E-state index in [9.17, 15) is 4.79 Å². The SMILES string of the molecule is CC(=O)Nc1nn([C@H](C)CC#N)cc1-c1ncnc2[nH]ccc12. The second-order valence-electron chi connectivity index (χ2n) is 5.23. The quantitative estimate of drug-likeness (QED) is 0.767. The van der Waals surface area contributed by atoms with Crippen molar-refractivity contribution in [1.82, 2.24) is 24.7 Å². The first-order chi connectivity index (χ1) is 11.1. The highest BCUT2D eigenvalue weighted by molar-refractivity contribution is 5.97. The molecule has 0 aliphatic carbocycles. The first-order valence-electron chi connectivity index (χ1n) is 7.12. The van der Waals surface area contributed by atoms with Crippen LogP contribution in [0.25, 0.3) is 22.3 Å². The minimum Gasteiger partial charge on any atom is -0.346 e. The molecule has 0 spiro atoms. The summed E-state index contributed by atoms with van der Waals surface area (Å²) < 4.78 is 1.67. The van der Waals surface area contributed by atoms with E-state index >= 15 is 0 Å². The van der Waals surface area contributed by atoms with Crippen LogP contribution in [0.1, 0.15) is 26.3 Å². The minimum atomic E-state index is -0.219. The number of carbonyl (C=O) groups excluding carboxylic acids is 1. The minimum absolute atomic E-state index is 0.107. The molecule has 116 valence electrons. The summed E-state index contributed by atoms with van der Waals surface area (Å²) in [5.74, 6) is 0.201. The van der Waals surface area contributed by atoms with Crippen LogP contribution in [0.3, 0.4) is 0 Å². The average Bonchev–Trinajstić information content (AvgIpc) is 3.13. The topological polar surface area (TPSA) is 112 Å². The molecule has 3 heterocycles. The van der Waals surface area contributed by atoms with Crippen molar-refractivity contribution in [3.8, 4) is 17.3 Å². The molecule has 0 radical (unpaired) electrons. The molecule has 1 amide bonds. The third kappa shape index (κ3) is 2.76. The van der Waals surface area contributed by atoms with Crippen LogP contribution in [-0.4, -0.2) is 30.6 Å². The number of aromatic nitrogens is 5. The number of H-pyrrole nitrogens is 1. The highest BCUT2D eigenvalue weighted by Crippen LogP contribution is 2.31. The molecule has 8 nitrogen and oxygen atoms in total. The molecule has 2 N–H and O–H groups in total. The lowest BCUT2D eigenvalue weighted by molar-refractivity contribution is -0.114. The van der Waals surface area contributed by atoms with Gasteiger partial charge in [0.25, 0.3) is 0 Å². The summed E-state index contributed by atoms with van der Waals surface area (Å²) in [5.41, 5.74) is 2.08. The van der Waals surface area contributed by atoms with Crippen molar-refractivity contribution in [3.63, 3.8) is 0 Å². The molecule has 0 fully saturated rings. The van der Waals surface area contributed by atoms with Gasteiger partial charge in [0, 0.05) is 24.7 Å². The number of nitrogens with one attached hydrogen (secondary N) is 2. The van der Waals surface area contributed by atoms with Crippen LogP contribution in [-0.2, 0) is 4.79 Å². The third-order valence-corrected chi connectivity index (χ3v) is 3.47. The molecular formula is C15H15N7O. The molecule has 3 rings (SSSR count). The molecule has 8 heteroatoms. The van der Waals surface area contributed by atoms with Gasteiger partial charge in [0.2, 0.25) is 5.91 Å². The van der Waals surface area contributed by atoms with Gasteiger partial charge < -0.3 is 10.3 Å². The second-order valence-corrected chi connectivity index (χ2v) is 5.23. The van der Waals surface area contributed by atoms with E-state index in [0.717, 1.165) is 5.39 Å². The second kappa shape index (κ2) is 5.88. The Morgan fingerprint density at radius 2 is 2.35 bits per heavy atom. The summed E-state index contributed by atoms with van der Waals surface area (Å²) in [4.78, 5) is 23.0. The van der Waals surface area contributed by atoms with Gasteiger partial charge in [-0.15, -0.1) is 0 Å². The fourth-order valence-corrected chi connectivity index (χ4v) is 2.36. The number of amides is 1. The zero-order chi connectivity index (χ0) is 16.4. The van der Waals surface area contributed by atoms with E-state index in [4.69, 9.17) is 5.26 Å². The Kier molecular flexibility index (Phi) is 3.76. The standard InChI is InChI=1S/C15H15N7O/c1-9(3-5-16)22-7-12(15(21-22)20-10(2)23)13-11-4-6-17-14(11)19-8-18-13/h4,6-9H,3H2,1-2H3,(H,17,18,19)(H,20,21,23)/t9-/m1/s1. The Hall–Kier alpha value is -3.21. The highest BCUT2D eigenvalue weighted by Gasteiger charge is 2.18. The van der Waals surface area contributed by atoms with Gasteiger partial charge in [0.1, 0.15) is 12.0 Å². The summed E-state index contributed by atoms with van der Waals surface area (Å²) in [6.07, 6.45) is 5.36. The predicted octanol–water partition coefficient (Wildman–Crippen LogP) is 2.25. The van der Waals surface area contributed by atoms with Gasteiger partial charge in [-0.1, -0.05) is 0 Å². The van der Waals surface area contributed by atoms with Crippen molar-refractivity contribution >= 4 is 22.8 Å². The van der Waals surface area contributed by atoms with Gasteiger partial charge in [0.15, 0.2) is 5.82 Å². The number of nitrogens with zero attached hydrogens (tertiary/aromatic N) is 5. The van der Waals surface area contributed by atoms with Crippen molar-refractivity contribution in [2.24, 2.45) is 0 Å². The summed E-state index contributed by atoms with van der Waals surface area (Å²) in [6, 6.07) is 3.89. The number of aromatic amines is 1. The summed E-state index contributed by atoms with van der Waals surface area (Å²) in [7, 11) is 0. The number of anilines is 1. The molecule has 0 saturated carbocycles. The molecule has 23 heavy (non-hydrogen) atoms.